The summed E-state index contributed by atoms with van der Waals surface area (Å²) in [6.45, 7) is 6.94. The molecular weight excluding hydrogens is 502 g/mol. The second-order valence-electron chi connectivity index (χ2n) is 13.4. The average molecular weight is 564 g/mol. The van der Waals surface area contributed by atoms with Gasteiger partial charge in [-0.2, -0.15) is 12.6 Å². The number of hydrogen-bond donors (Lipinski definition) is 2. The van der Waals surface area contributed by atoms with Crippen LogP contribution in [0.25, 0.3) is 0 Å². The van der Waals surface area contributed by atoms with Crippen LogP contribution in [0.1, 0.15) is 156 Å². The topological polar surface area (TPSA) is 51.0 Å². The lowest BCUT2D eigenvalue weighted by molar-refractivity contribution is -0.124. The quantitative estimate of drug-likeness (QED) is 0.239. The highest BCUT2D eigenvalue weighted by atomic mass is 32.1. The summed E-state index contributed by atoms with van der Waals surface area (Å²) in [5, 5.41) is 15.9. The van der Waals surface area contributed by atoms with Gasteiger partial charge in [0.05, 0.1) is 6.21 Å². The van der Waals surface area contributed by atoms with Crippen molar-refractivity contribution in [1.29, 1.82) is 0 Å². The van der Waals surface area contributed by atoms with Crippen LogP contribution in [0.15, 0.2) is 16.5 Å². The molecule has 226 valence electrons. The predicted octanol–water partition coefficient (Wildman–Crippen LogP) is 10.0. The van der Waals surface area contributed by atoms with Gasteiger partial charge in [0.2, 0.25) is 0 Å². The molecule has 6 atom stereocenters. The lowest BCUT2D eigenvalue weighted by Gasteiger charge is -2.47. The van der Waals surface area contributed by atoms with Gasteiger partial charge >= 0.3 is 0 Å². The molecule has 4 bridgehead atoms. The number of methoxy groups -OCH3 is 1. The Labute approximate surface area is 246 Å². The number of hydrogen-bond acceptors (Lipinski definition) is 5. The minimum Gasteiger partial charge on any atom is -0.368 e. The maximum Gasteiger partial charge on any atom is 0.157 e. The lowest BCUT2D eigenvalue weighted by Crippen LogP contribution is -2.43. The molecular formula is C34H61NO3S. The number of rotatable bonds is 7. The second kappa shape index (κ2) is 16.8. The number of aliphatic hydroxyl groups excluding tert-OH is 1. The third-order valence-electron chi connectivity index (χ3n) is 10.5. The summed E-state index contributed by atoms with van der Waals surface area (Å²) in [7, 11) is 1.65. The molecule has 1 N–H and O–H groups in total. The summed E-state index contributed by atoms with van der Waals surface area (Å²) in [6.07, 6.45) is 27.4. The Morgan fingerprint density at radius 3 is 2.05 bits per heavy atom. The molecule has 0 spiro atoms. The predicted molar refractivity (Wildman–Crippen MR) is 168 cm³/mol. The van der Waals surface area contributed by atoms with E-state index >= 15 is 0 Å². The zero-order valence-corrected chi connectivity index (χ0v) is 26.8. The molecule has 0 fully saturated rings. The van der Waals surface area contributed by atoms with Crippen LogP contribution >= 0.6 is 12.6 Å². The smallest absolute Gasteiger partial charge is 0.157 e. The van der Waals surface area contributed by atoms with E-state index in [9.17, 15) is 5.11 Å². The van der Waals surface area contributed by atoms with E-state index in [1.54, 1.807) is 7.11 Å². The van der Waals surface area contributed by atoms with E-state index in [-0.39, 0.29) is 22.7 Å². The summed E-state index contributed by atoms with van der Waals surface area (Å²) in [6, 6.07) is 0. The maximum atomic E-state index is 11.0. The molecule has 0 saturated heterocycles. The fraction of sp³-hybridized carbons (Fsp3) is 0.912. The van der Waals surface area contributed by atoms with E-state index in [0.717, 1.165) is 44.3 Å². The average Bonchev–Trinajstić information content (AvgIpc) is 2.92. The summed E-state index contributed by atoms with van der Waals surface area (Å²) < 4.78 is 5.55. The highest BCUT2D eigenvalue weighted by Gasteiger charge is 2.49. The fourth-order valence-electron chi connectivity index (χ4n) is 8.18. The fourth-order valence-corrected chi connectivity index (χ4v) is 8.53. The summed E-state index contributed by atoms with van der Waals surface area (Å²) in [5.41, 5.74) is 1.54. The van der Waals surface area contributed by atoms with Crippen molar-refractivity contribution in [1.82, 2.24) is 0 Å². The zero-order valence-electron chi connectivity index (χ0n) is 25.9. The van der Waals surface area contributed by atoms with Gasteiger partial charge in [-0.3, -0.25) is 0 Å². The first kappa shape index (κ1) is 33.0. The molecule has 2 aliphatic carbocycles. The summed E-state index contributed by atoms with van der Waals surface area (Å²) >= 11 is 5.15. The van der Waals surface area contributed by atoms with E-state index < -0.39 is 6.29 Å². The van der Waals surface area contributed by atoms with Crippen molar-refractivity contribution in [2.24, 2.45) is 27.8 Å². The Hall–Kier alpha value is -0.520. The minimum atomic E-state index is -0.737. The lowest BCUT2D eigenvalue weighted by atomic mass is 9.60. The van der Waals surface area contributed by atoms with Crippen LogP contribution in [0.5, 0.6) is 0 Å². The van der Waals surface area contributed by atoms with E-state index in [2.05, 4.69) is 32.1 Å². The van der Waals surface area contributed by atoms with Gasteiger partial charge in [-0.05, 0) is 55.9 Å². The molecule has 4 nitrogen and oxygen atoms in total. The van der Waals surface area contributed by atoms with Gasteiger partial charge < -0.3 is 14.7 Å². The Balaban J connectivity index is 1.99. The minimum absolute atomic E-state index is 0.0144. The molecule has 1 heterocycles. The molecule has 39 heavy (non-hydrogen) atoms. The summed E-state index contributed by atoms with van der Waals surface area (Å²) in [4.78, 5) is 6.27. The SMILES string of the molecule is CCCC12C=NOC3=C(CC(C(O)OC)CC31)CC(CCC)(C(C)S)CCCCCCCCCCCCCC2. The largest absolute Gasteiger partial charge is 0.368 e. The molecule has 0 radical (unpaired) electrons. The monoisotopic (exact) mass is 563 g/mol. The Kier molecular flexibility index (Phi) is 14.2. The molecule has 0 amide bonds. The first-order valence-electron chi connectivity index (χ1n) is 16.7. The Morgan fingerprint density at radius 1 is 0.949 bits per heavy atom. The third-order valence-corrected chi connectivity index (χ3v) is 11.0. The van der Waals surface area contributed by atoms with Crippen LogP contribution in [0.3, 0.4) is 0 Å². The van der Waals surface area contributed by atoms with Gasteiger partial charge in [0.1, 0.15) is 5.76 Å². The van der Waals surface area contributed by atoms with Crippen molar-refractivity contribution >= 4 is 18.8 Å². The van der Waals surface area contributed by atoms with Crippen molar-refractivity contribution in [3.63, 3.8) is 0 Å². The van der Waals surface area contributed by atoms with Crippen molar-refractivity contribution in [2.75, 3.05) is 7.11 Å². The molecule has 0 aromatic carbocycles. The second-order valence-corrected chi connectivity index (χ2v) is 14.1. The van der Waals surface area contributed by atoms with Crippen molar-refractivity contribution in [3.05, 3.63) is 11.3 Å². The Bertz CT molecular complexity index is 768. The molecule has 3 rings (SSSR count). The highest BCUT2D eigenvalue weighted by Crippen LogP contribution is 2.54. The van der Waals surface area contributed by atoms with Crippen LogP contribution in [-0.4, -0.2) is 30.0 Å². The first-order chi connectivity index (χ1) is 18.9. The van der Waals surface area contributed by atoms with Crippen LogP contribution in [0.2, 0.25) is 0 Å². The van der Waals surface area contributed by atoms with Crippen LogP contribution in [-0.2, 0) is 9.57 Å². The molecule has 6 unspecified atom stereocenters. The van der Waals surface area contributed by atoms with E-state index in [1.165, 1.54) is 102 Å². The molecule has 0 aromatic rings. The highest BCUT2D eigenvalue weighted by molar-refractivity contribution is 7.81. The Morgan fingerprint density at radius 2 is 1.51 bits per heavy atom. The molecule has 3 aliphatic rings. The van der Waals surface area contributed by atoms with Crippen LogP contribution < -0.4 is 0 Å². The first-order valence-corrected chi connectivity index (χ1v) is 17.3. The molecule has 0 aromatic heterocycles. The standard InChI is InChI=1S/C34H61NO3S/c1-5-19-33(27(3)39)21-17-15-13-11-9-7-8-10-12-14-16-18-22-34(20-6-2)26-35-38-31-29(25-33)23-28(24-30(31)34)32(36)37-4/h26-28,30,32,36,39H,5-25H2,1-4H3. The zero-order chi connectivity index (χ0) is 28.1. The number of allylic oxidation sites excluding steroid dienone is 2. The maximum absolute atomic E-state index is 11.0. The van der Waals surface area contributed by atoms with Gasteiger partial charge in [-0.25, -0.2) is 0 Å². The number of ether oxygens (including phenoxy) is 1. The van der Waals surface area contributed by atoms with Crippen LogP contribution in [0.4, 0.5) is 0 Å². The normalized spacial score (nSPS) is 33.7. The van der Waals surface area contributed by atoms with Crippen molar-refractivity contribution in [2.45, 2.75) is 167 Å². The van der Waals surface area contributed by atoms with Gasteiger partial charge in [-0.15, -0.1) is 0 Å². The van der Waals surface area contributed by atoms with E-state index in [0.29, 0.717) is 5.25 Å². The van der Waals surface area contributed by atoms with Gasteiger partial charge in [0.15, 0.2) is 6.29 Å². The molecule has 0 saturated carbocycles. The van der Waals surface area contributed by atoms with Crippen molar-refractivity contribution in [3.8, 4) is 0 Å². The molecule has 1 aliphatic heterocycles. The summed E-state index contributed by atoms with van der Waals surface area (Å²) in [5.74, 6) is 1.50. The van der Waals surface area contributed by atoms with Gasteiger partial charge in [0, 0.05) is 29.6 Å². The van der Waals surface area contributed by atoms with Crippen LogP contribution in [0, 0.1) is 22.7 Å². The van der Waals surface area contributed by atoms with Gasteiger partial charge in [-0.1, -0.05) is 116 Å². The number of oxime groups is 1. The number of thiol groups is 1. The van der Waals surface area contributed by atoms with Crippen molar-refractivity contribution < 1.29 is 14.7 Å². The third kappa shape index (κ3) is 8.98. The molecule has 5 heteroatoms. The van der Waals surface area contributed by atoms with E-state index in [4.69, 9.17) is 22.2 Å². The van der Waals surface area contributed by atoms with Gasteiger partial charge in [0.25, 0.3) is 0 Å². The number of aliphatic hydroxyl groups is 1. The van der Waals surface area contributed by atoms with E-state index in [1.807, 2.05) is 0 Å². The number of nitrogens with zero attached hydrogens (tertiary/aromatic N) is 1.